The maximum atomic E-state index is 11.2. The van der Waals surface area contributed by atoms with Gasteiger partial charge in [0.05, 0.1) is 19.8 Å². The van der Waals surface area contributed by atoms with Crippen molar-refractivity contribution in [3.63, 3.8) is 0 Å². The maximum absolute atomic E-state index is 11.2. The molecule has 0 saturated carbocycles. The zero-order valence-corrected chi connectivity index (χ0v) is 7.00. The molecule has 0 atom stereocenters. The Bertz CT molecular complexity index is 203. The molecule has 2 rings (SSSR count). The Labute approximate surface area is 64.2 Å². The van der Waals surface area contributed by atoms with Crippen molar-refractivity contribution < 1.29 is 22.9 Å². The third kappa shape index (κ3) is 1.13. The lowest BCUT2D eigenvalue weighted by Gasteiger charge is -2.18. The Morgan fingerprint density at radius 1 is 1.55 bits per heavy atom. The lowest BCUT2D eigenvalue weighted by atomic mass is 10.1. The molecule has 0 amide bonds. The van der Waals surface area contributed by atoms with Gasteiger partial charge in [0.15, 0.2) is 5.60 Å². The number of phosphoric ester groups is 1. The van der Waals surface area contributed by atoms with Crippen LogP contribution in [0.2, 0.25) is 0 Å². The monoisotopic (exact) mass is 180 g/mol. The van der Waals surface area contributed by atoms with Crippen molar-refractivity contribution in [2.24, 2.45) is 0 Å². The highest BCUT2D eigenvalue weighted by molar-refractivity contribution is 7.49. The van der Waals surface area contributed by atoms with E-state index in [1.807, 2.05) is 0 Å². The van der Waals surface area contributed by atoms with Crippen molar-refractivity contribution in [1.29, 1.82) is 0 Å². The molecule has 5 nitrogen and oxygen atoms in total. The van der Waals surface area contributed by atoms with Crippen molar-refractivity contribution in [2.45, 2.75) is 5.60 Å². The quantitative estimate of drug-likeness (QED) is 0.581. The number of hydrogen-bond donors (Lipinski definition) is 0. The first-order valence-corrected chi connectivity index (χ1v) is 4.73. The SMILES string of the molecule is COCC12COP(=O)(OC1)O2. The predicted molar refractivity (Wildman–Crippen MR) is 35.2 cm³/mol. The van der Waals surface area contributed by atoms with Crippen molar-refractivity contribution in [3.05, 3.63) is 0 Å². The standard InChI is InChI=1S/C5H9O5P/c1-7-2-5-3-8-11(6,10-5)9-4-5/h2-4H2,1H3. The molecule has 0 aliphatic carbocycles. The van der Waals surface area contributed by atoms with Crippen LogP contribution < -0.4 is 0 Å². The van der Waals surface area contributed by atoms with E-state index in [1.165, 1.54) is 0 Å². The molecule has 0 spiro atoms. The van der Waals surface area contributed by atoms with E-state index in [4.69, 9.17) is 18.3 Å². The summed E-state index contributed by atoms with van der Waals surface area (Å²) in [6.07, 6.45) is 0. The van der Waals surface area contributed by atoms with Gasteiger partial charge < -0.3 is 4.74 Å². The van der Waals surface area contributed by atoms with E-state index < -0.39 is 13.4 Å². The molecular formula is C5H9O5P. The largest absolute Gasteiger partial charge is 0.475 e. The van der Waals surface area contributed by atoms with Crippen LogP contribution in [0.5, 0.6) is 0 Å². The minimum Gasteiger partial charge on any atom is -0.381 e. The fraction of sp³-hybridized carbons (Fsp3) is 1.00. The minimum atomic E-state index is -3.15. The Kier molecular flexibility index (Phi) is 1.60. The van der Waals surface area contributed by atoms with Crippen LogP contribution in [0.1, 0.15) is 0 Å². The van der Waals surface area contributed by atoms with Crippen LogP contribution >= 0.6 is 7.82 Å². The molecule has 2 aliphatic rings. The van der Waals surface area contributed by atoms with Gasteiger partial charge in [-0.1, -0.05) is 0 Å². The Hall–Kier alpha value is 0.0700. The van der Waals surface area contributed by atoms with Gasteiger partial charge in [0.25, 0.3) is 0 Å². The molecule has 0 aromatic carbocycles. The molecular weight excluding hydrogens is 171 g/mol. The first-order chi connectivity index (χ1) is 5.18. The highest BCUT2D eigenvalue weighted by atomic mass is 31.2. The highest BCUT2D eigenvalue weighted by Crippen LogP contribution is 2.63. The normalized spacial score (nSPS) is 48.5. The number of hydrogen-bond acceptors (Lipinski definition) is 5. The summed E-state index contributed by atoms with van der Waals surface area (Å²) < 4.78 is 30.8. The molecule has 11 heavy (non-hydrogen) atoms. The Morgan fingerprint density at radius 2 is 2.18 bits per heavy atom. The van der Waals surface area contributed by atoms with Crippen LogP contribution in [0.15, 0.2) is 0 Å². The predicted octanol–water partition coefficient (Wildman–Crippen LogP) is 0.557. The smallest absolute Gasteiger partial charge is 0.381 e. The lowest BCUT2D eigenvalue weighted by molar-refractivity contribution is -0.00269. The third-order valence-corrected chi connectivity index (χ3v) is 3.19. The van der Waals surface area contributed by atoms with Crippen LogP contribution in [0.3, 0.4) is 0 Å². The van der Waals surface area contributed by atoms with Gasteiger partial charge in [0.1, 0.15) is 0 Å². The zero-order valence-electron chi connectivity index (χ0n) is 6.11. The summed E-state index contributed by atoms with van der Waals surface area (Å²) in [5.41, 5.74) is -0.607. The fourth-order valence-electron chi connectivity index (χ4n) is 1.19. The number of ether oxygens (including phenoxy) is 1. The van der Waals surface area contributed by atoms with Crippen molar-refractivity contribution in [1.82, 2.24) is 0 Å². The number of fused-ring (bicyclic) bond motifs is 2. The molecule has 0 radical (unpaired) electrons. The van der Waals surface area contributed by atoms with Gasteiger partial charge in [0, 0.05) is 7.11 Å². The van der Waals surface area contributed by atoms with Gasteiger partial charge >= 0.3 is 7.82 Å². The molecule has 64 valence electrons. The van der Waals surface area contributed by atoms with Crippen LogP contribution in [0, 0.1) is 0 Å². The van der Waals surface area contributed by atoms with Crippen LogP contribution in [0.4, 0.5) is 0 Å². The molecule has 2 fully saturated rings. The van der Waals surface area contributed by atoms with Crippen LogP contribution in [-0.4, -0.2) is 32.5 Å². The van der Waals surface area contributed by atoms with E-state index in [-0.39, 0.29) is 0 Å². The first-order valence-electron chi connectivity index (χ1n) is 3.27. The fourth-order valence-corrected chi connectivity index (χ4v) is 2.79. The van der Waals surface area contributed by atoms with Crippen molar-refractivity contribution >= 4 is 7.82 Å². The van der Waals surface area contributed by atoms with Gasteiger partial charge in [0.2, 0.25) is 0 Å². The van der Waals surface area contributed by atoms with E-state index in [0.29, 0.717) is 19.8 Å². The van der Waals surface area contributed by atoms with Gasteiger partial charge in [-0.3, -0.25) is 13.6 Å². The molecule has 2 heterocycles. The van der Waals surface area contributed by atoms with E-state index in [1.54, 1.807) is 7.11 Å². The minimum absolute atomic E-state index is 0.304. The number of methoxy groups -OCH3 is 1. The van der Waals surface area contributed by atoms with Gasteiger partial charge in [-0.2, -0.15) is 0 Å². The topological polar surface area (TPSA) is 54.0 Å². The van der Waals surface area contributed by atoms with Crippen LogP contribution in [-0.2, 0) is 22.9 Å². The Balaban J connectivity index is 2.14. The van der Waals surface area contributed by atoms with Gasteiger partial charge in [-0.15, -0.1) is 0 Å². The van der Waals surface area contributed by atoms with Crippen LogP contribution in [0.25, 0.3) is 0 Å². The summed E-state index contributed by atoms with van der Waals surface area (Å²) in [7, 11) is -1.60. The lowest BCUT2D eigenvalue weighted by Crippen LogP contribution is -2.39. The molecule has 0 N–H and O–H groups in total. The van der Waals surface area contributed by atoms with E-state index in [9.17, 15) is 4.57 Å². The van der Waals surface area contributed by atoms with E-state index >= 15 is 0 Å². The summed E-state index contributed by atoms with van der Waals surface area (Å²) in [4.78, 5) is 0. The Morgan fingerprint density at radius 3 is 2.55 bits per heavy atom. The van der Waals surface area contributed by atoms with E-state index in [2.05, 4.69) is 0 Å². The second kappa shape index (κ2) is 2.28. The number of rotatable bonds is 2. The third-order valence-electron chi connectivity index (χ3n) is 1.68. The molecule has 2 bridgehead atoms. The first kappa shape index (κ1) is 7.71. The molecule has 2 aliphatic heterocycles. The zero-order chi connectivity index (χ0) is 7.95. The van der Waals surface area contributed by atoms with Crippen molar-refractivity contribution in [3.8, 4) is 0 Å². The molecule has 6 heteroatoms. The van der Waals surface area contributed by atoms with Gasteiger partial charge in [-0.05, 0) is 0 Å². The average molecular weight is 180 g/mol. The molecule has 0 unspecified atom stereocenters. The maximum Gasteiger partial charge on any atom is 0.475 e. The summed E-state index contributed by atoms with van der Waals surface area (Å²) in [5, 5.41) is 0. The summed E-state index contributed by atoms with van der Waals surface area (Å²) in [5.74, 6) is 0. The van der Waals surface area contributed by atoms with Crippen molar-refractivity contribution in [2.75, 3.05) is 26.9 Å². The summed E-state index contributed by atoms with van der Waals surface area (Å²) in [6.45, 7) is 0.966. The van der Waals surface area contributed by atoms with Gasteiger partial charge in [-0.25, -0.2) is 4.57 Å². The second-order valence-corrected chi connectivity index (χ2v) is 4.29. The molecule has 2 saturated heterocycles. The molecule has 0 aromatic heterocycles. The number of phosphoric acid groups is 1. The summed E-state index contributed by atoms with van der Waals surface area (Å²) in [6, 6.07) is 0. The van der Waals surface area contributed by atoms with E-state index in [0.717, 1.165) is 0 Å². The summed E-state index contributed by atoms with van der Waals surface area (Å²) >= 11 is 0. The molecule has 0 aromatic rings. The second-order valence-electron chi connectivity index (χ2n) is 2.70. The highest BCUT2D eigenvalue weighted by Gasteiger charge is 2.57. The average Bonchev–Trinajstić information content (AvgIpc) is 2.42.